The van der Waals surface area contributed by atoms with Crippen molar-refractivity contribution in [3.8, 4) is 0 Å². The molecular weight excluding hydrogens is 260 g/mol. The summed E-state index contributed by atoms with van der Waals surface area (Å²) in [5, 5.41) is 0.777. The van der Waals surface area contributed by atoms with Crippen LogP contribution in [0.15, 0.2) is 48.7 Å². The lowest BCUT2D eigenvalue weighted by atomic mass is 10.1. The van der Waals surface area contributed by atoms with Gasteiger partial charge in [-0.05, 0) is 24.3 Å². The molecule has 4 heteroatoms. The van der Waals surface area contributed by atoms with Crippen LogP contribution in [0.2, 0.25) is 0 Å². The molecule has 0 radical (unpaired) electrons. The number of rotatable bonds is 3. The van der Waals surface area contributed by atoms with Crippen LogP contribution in [0.3, 0.4) is 0 Å². The zero-order valence-corrected chi connectivity index (χ0v) is 10.5. The minimum absolute atomic E-state index is 0.0153. The van der Waals surface area contributed by atoms with Crippen LogP contribution in [0.1, 0.15) is 15.9 Å². The fraction of sp³-hybridized carbons (Fsp3) is 0.0625. The van der Waals surface area contributed by atoms with E-state index >= 15 is 0 Å². The Hall–Kier alpha value is -2.49. The van der Waals surface area contributed by atoms with Crippen molar-refractivity contribution in [1.29, 1.82) is 0 Å². The number of hydrogen-bond acceptors (Lipinski definition) is 1. The lowest BCUT2D eigenvalue weighted by Gasteiger charge is -2.08. The van der Waals surface area contributed by atoms with Crippen molar-refractivity contribution in [3.63, 3.8) is 0 Å². The van der Waals surface area contributed by atoms with Crippen LogP contribution in [0.4, 0.5) is 8.78 Å². The first-order valence-electron chi connectivity index (χ1n) is 6.16. The Kier molecular flexibility index (Phi) is 3.06. The SMILES string of the molecule is O=Cc1cccc2c1ccn2Cc1c(F)cccc1F. The third kappa shape index (κ3) is 1.99. The molecule has 2 nitrogen and oxygen atoms in total. The third-order valence-electron chi connectivity index (χ3n) is 3.36. The highest BCUT2D eigenvalue weighted by Gasteiger charge is 2.11. The first-order valence-corrected chi connectivity index (χ1v) is 6.16. The van der Waals surface area contributed by atoms with Gasteiger partial charge in [-0.25, -0.2) is 8.78 Å². The summed E-state index contributed by atoms with van der Waals surface area (Å²) in [6.45, 7) is 0.0876. The third-order valence-corrected chi connectivity index (χ3v) is 3.36. The van der Waals surface area contributed by atoms with Gasteiger partial charge < -0.3 is 4.57 Å². The molecule has 0 amide bonds. The highest BCUT2D eigenvalue weighted by atomic mass is 19.1. The molecule has 0 aliphatic heterocycles. The molecule has 0 spiro atoms. The van der Waals surface area contributed by atoms with Gasteiger partial charge in [-0.1, -0.05) is 18.2 Å². The Bertz CT molecular complexity index is 772. The van der Waals surface area contributed by atoms with E-state index in [0.29, 0.717) is 5.56 Å². The molecular formula is C16H11F2NO. The average Bonchev–Trinajstić information content (AvgIpc) is 2.86. The molecule has 0 aliphatic carbocycles. The van der Waals surface area contributed by atoms with Crippen LogP contribution < -0.4 is 0 Å². The Morgan fingerprint density at radius 2 is 1.70 bits per heavy atom. The lowest BCUT2D eigenvalue weighted by Crippen LogP contribution is -2.03. The quantitative estimate of drug-likeness (QED) is 0.664. The predicted molar refractivity (Wildman–Crippen MR) is 72.8 cm³/mol. The molecule has 3 aromatic rings. The summed E-state index contributed by atoms with van der Waals surface area (Å²) in [6, 6.07) is 10.9. The van der Waals surface area contributed by atoms with E-state index in [9.17, 15) is 13.6 Å². The molecule has 0 saturated carbocycles. The molecule has 0 atom stereocenters. The Morgan fingerprint density at radius 3 is 2.40 bits per heavy atom. The van der Waals surface area contributed by atoms with Gasteiger partial charge in [0.05, 0.1) is 6.54 Å². The summed E-state index contributed by atoms with van der Waals surface area (Å²) < 4.78 is 29.1. The number of halogens is 2. The second-order valence-corrected chi connectivity index (χ2v) is 4.54. The van der Waals surface area contributed by atoms with E-state index in [0.717, 1.165) is 17.2 Å². The van der Waals surface area contributed by atoms with Gasteiger partial charge in [-0.2, -0.15) is 0 Å². The van der Waals surface area contributed by atoms with Gasteiger partial charge in [0.2, 0.25) is 0 Å². The van der Waals surface area contributed by atoms with E-state index in [4.69, 9.17) is 0 Å². The smallest absolute Gasteiger partial charge is 0.150 e. The molecule has 0 fully saturated rings. The Morgan fingerprint density at radius 1 is 1.00 bits per heavy atom. The summed E-state index contributed by atoms with van der Waals surface area (Å²) in [6.07, 6.45) is 2.50. The zero-order valence-electron chi connectivity index (χ0n) is 10.5. The van der Waals surface area contributed by atoms with Crippen molar-refractivity contribution in [2.75, 3.05) is 0 Å². The van der Waals surface area contributed by atoms with E-state index in [1.807, 2.05) is 6.07 Å². The second-order valence-electron chi connectivity index (χ2n) is 4.54. The van der Waals surface area contributed by atoms with Crippen LogP contribution in [0, 0.1) is 11.6 Å². The lowest BCUT2D eigenvalue weighted by molar-refractivity contribution is 0.112. The van der Waals surface area contributed by atoms with Gasteiger partial charge in [0, 0.05) is 28.2 Å². The fourth-order valence-corrected chi connectivity index (χ4v) is 2.34. The van der Waals surface area contributed by atoms with Crippen molar-refractivity contribution in [2.24, 2.45) is 0 Å². The van der Waals surface area contributed by atoms with E-state index < -0.39 is 11.6 Å². The molecule has 100 valence electrons. The predicted octanol–water partition coefficient (Wildman–Crippen LogP) is 3.78. The highest BCUT2D eigenvalue weighted by molar-refractivity contribution is 5.97. The Labute approximate surface area is 114 Å². The normalized spacial score (nSPS) is 10.9. The number of benzene rings is 2. The maximum Gasteiger partial charge on any atom is 0.150 e. The summed E-state index contributed by atoms with van der Waals surface area (Å²) in [5.74, 6) is -1.14. The number of aldehydes is 1. The molecule has 0 unspecified atom stereocenters. The van der Waals surface area contributed by atoms with Gasteiger partial charge in [-0.15, -0.1) is 0 Å². The first-order chi connectivity index (χ1) is 9.70. The average molecular weight is 271 g/mol. The number of carbonyl (C=O) groups is 1. The van der Waals surface area contributed by atoms with Crippen molar-refractivity contribution >= 4 is 17.2 Å². The van der Waals surface area contributed by atoms with Crippen molar-refractivity contribution in [2.45, 2.75) is 6.54 Å². The number of fused-ring (bicyclic) bond motifs is 1. The molecule has 0 aliphatic rings. The first kappa shape index (κ1) is 12.5. The van der Waals surface area contributed by atoms with Crippen molar-refractivity contribution in [1.82, 2.24) is 4.57 Å². The maximum atomic E-state index is 13.7. The molecule has 1 heterocycles. The molecule has 1 aromatic heterocycles. The van der Waals surface area contributed by atoms with Crippen LogP contribution in [-0.4, -0.2) is 10.9 Å². The van der Waals surface area contributed by atoms with E-state index in [2.05, 4.69) is 0 Å². The van der Waals surface area contributed by atoms with Gasteiger partial charge in [0.1, 0.15) is 11.6 Å². The summed E-state index contributed by atoms with van der Waals surface area (Å²) in [5.41, 5.74) is 1.36. The van der Waals surface area contributed by atoms with Gasteiger partial charge in [0.15, 0.2) is 6.29 Å². The van der Waals surface area contributed by atoms with Gasteiger partial charge >= 0.3 is 0 Å². The topological polar surface area (TPSA) is 22.0 Å². The van der Waals surface area contributed by atoms with Crippen molar-refractivity contribution < 1.29 is 13.6 Å². The summed E-state index contributed by atoms with van der Waals surface area (Å²) in [7, 11) is 0. The molecule has 3 rings (SSSR count). The molecule has 0 N–H and O–H groups in total. The minimum atomic E-state index is -0.571. The van der Waals surface area contributed by atoms with Crippen LogP contribution in [-0.2, 0) is 6.54 Å². The number of aromatic nitrogens is 1. The van der Waals surface area contributed by atoms with E-state index in [-0.39, 0.29) is 12.1 Å². The minimum Gasteiger partial charge on any atom is -0.343 e. The molecule has 0 bridgehead atoms. The van der Waals surface area contributed by atoms with Crippen molar-refractivity contribution in [3.05, 3.63) is 71.4 Å². The highest BCUT2D eigenvalue weighted by Crippen LogP contribution is 2.22. The maximum absolute atomic E-state index is 13.7. The summed E-state index contributed by atoms with van der Waals surface area (Å²) in [4.78, 5) is 11.0. The molecule has 0 saturated heterocycles. The standard InChI is InChI=1S/C16H11F2NO/c17-14-4-2-5-15(18)13(14)9-19-8-7-12-11(10-20)3-1-6-16(12)19/h1-8,10H,9H2. The van der Waals surface area contributed by atoms with E-state index in [1.165, 1.54) is 18.2 Å². The zero-order chi connectivity index (χ0) is 14.1. The van der Waals surface area contributed by atoms with Gasteiger partial charge in [-0.3, -0.25) is 4.79 Å². The number of carbonyl (C=O) groups excluding carboxylic acids is 1. The summed E-state index contributed by atoms with van der Waals surface area (Å²) >= 11 is 0. The monoisotopic (exact) mass is 271 g/mol. The number of nitrogens with zero attached hydrogens (tertiary/aromatic N) is 1. The molecule has 2 aromatic carbocycles. The van der Waals surface area contributed by atoms with Crippen LogP contribution in [0.5, 0.6) is 0 Å². The van der Waals surface area contributed by atoms with E-state index in [1.54, 1.807) is 29.0 Å². The van der Waals surface area contributed by atoms with Crippen LogP contribution >= 0.6 is 0 Å². The van der Waals surface area contributed by atoms with Crippen LogP contribution in [0.25, 0.3) is 10.9 Å². The van der Waals surface area contributed by atoms with Gasteiger partial charge in [0.25, 0.3) is 0 Å². The largest absolute Gasteiger partial charge is 0.343 e. The Balaban J connectivity index is 2.10. The molecule has 20 heavy (non-hydrogen) atoms. The second kappa shape index (κ2) is 4.89. The fourth-order valence-electron chi connectivity index (χ4n) is 2.34. The number of hydrogen-bond donors (Lipinski definition) is 0.